The third-order valence-electron chi connectivity index (χ3n) is 3.06. The number of amides is 1. The molecular weight excluding hydrogens is 280 g/mol. The SMILES string of the molecule is C=CCNC(=O)[C@@H](C)OC(=O)c1cccc(-n2cccc2)c1. The van der Waals surface area contributed by atoms with Gasteiger partial charge in [0.25, 0.3) is 5.91 Å². The summed E-state index contributed by atoms with van der Waals surface area (Å²) in [6.45, 7) is 5.38. The Morgan fingerprint density at radius 1 is 1.32 bits per heavy atom. The van der Waals surface area contributed by atoms with Crippen LogP contribution in [-0.2, 0) is 9.53 Å². The van der Waals surface area contributed by atoms with E-state index < -0.39 is 12.1 Å². The van der Waals surface area contributed by atoms with Gasteiger partial charge in [-0.2, -0.15) is 0 Å². The van der Waals surface area contributed by atoms with Gasteiger partial charge < -0.3 is 14.6 Å². The fourth-order valence-corrected chi connectivity index (χ4v) is 1.90. The fourth-order valence-electron chi connectivity index (χ4n) is 1.90. The monoisotopic (exact) mass is 298 g/mol. The van der Waals surface area contributed by atoms with Crippen LogP contribution in [0.5, 0.6) is 0 Å². The minimum Gasteiger partial charge on any atom is -0.449 e. The molecule has 0 radical (unpaired) electrons. The highest BCUT2D eigenvalue weighted by Crippen LogP contribution is 2.12. The Bertz CT molecular complexity index is 662. The molecule has 1 aromatic heterocycles. The molecule has 0 aliphatic carbocycles. The molecule has 0 saturated heterocycles. The van der Waals surface area contributed by atoms with Crippen molar-refractivity contribution < 1.29 is 14.3 Å². The van der Waals surface area contributed by atoms with Crippen molar-refractivity contribution in [2.45, 2.75) is 13.0 Å². The normalized spacial score (nSPS) is 11.5. The van der Waals surface area contributed by atoms with Gasteiger partial charge in [-0.05, 0) is 37.3 Å². The second kappa shape index (κ2) is 7.26. The van der Waals surface area contributed by atoms with Gasteiger partial charge in [0.1, 0.15) is 0 Å². The Balaban J connectivity index is 2.05. The quantitative estimate of drug-likeness (QED) is 0.657. The van der Waals surface area contributed by atoms with Crippen LogP contribution < -0.4 is 5.32 Å². The highest BCUT2D eigenvalue weighted by atomic mass is 16.5. The molecule has 2 rings (SSSR count). The maximum absolute atomic E-state index is 12.1. The topological polar surface area (TPSA) is 60.3 Å². The highest BCUT2D eigenvalue weighted by Gasteiger charge is 2.18. The molecule has 5 heteroatoms. The van der Waals surface area contributed by atoms with Gasteiger partial charge in [0.15, 0.2) is 6.10 Å². The first kappa shape index (κ1) is 15.6. The molecule has 0 spiro atoms. The summed E-state index contributed by atoms with van der Waals surface area (Å²) in [6, 6.07) is 10.8. The van der Waals surface area contributed by atoms with Crippen LogP contribution in [0.25, 0.3) is 5.69 Å². The third kappa shape index (κ3) is 3.85. The van der Waals surface area contributed by atoms with Crippen LogP contribution in [0.15, 0.2) is 61.4 Å². The standard InChI is InChI=1S/C17H18N2O3/c1-3-9-18-16(20)13(2)22-17(21)14-7-6-8-15(12-14)19-10-4-5-11-19/h3-8,10-13H,1,9H2,2H3,(H,18,20)/t13-/m1/s1. The first-order chi connectivity index (χ1) is 10.6. The number of esters is 1. The van der Waals surface area contributed by atoms with E-state index in [1.54, 1.807) is 24.3 Å². The second-order valence-corrected chi connectivity index (χ2v) is 4.72. The zero-order chi connectivity index (χ0) is 15.9. The number of benzene rings is 1. The van der Waals surface area contributed by atoms with Gasteiger partial charge in [0.05, 0.1) is 5.56 Å². The van der Waals surface area contributed by atoms with Crippen molar-refractivity contribution in [3.63, 3.8) is 0 Å². The van der Waals surface area contributed by atoms with E-state index >= 15 is 0 Å². The number of nitrogens with one attached hydrogen (secondary N) is 1. The molecular formula is C17H18N2O3. The Morgan fingerprint density at radius 3 is 2.73 bits per heavy atom. The summed E-state index contributed by atoms with van der Waals surface area (Å²) in [6.07, 6.45) is 4.47. The van der Waals surface area contributed by atoms with E-state index in [2.05, 4.69) is 11.9 Å². The molecule has 22 heavy (non-hydrogen) atoms. The molecule has 0 aliphatic rings. The van der Waals surface area contributed by atoms with E-state index in [0.717, 1.165) is 5.69 Å². The van der Waals surface area contributed by atoms with Crippen molar-refractivity contribution >= 4 is 11.9 Å². The lowest BCUT2D eigenvalue weighted by atomic mass is 10.2. The van der Waals surface area contributed by atoms with Crippen molar-refractivity contribution in [2.24, 2.45) is 0 Å². The molecule has 2 aromatic rings. The van der Waals surface area contributed by atoms with Crippen molar-refractivity contribution in [1.82, 2.24) is 9.88 Å². The van der Waals surface area contributed by atoms with Crippen LogP contribution in [0, 0.1) is 0 Å². The van der Waals surface area contributed by atoms with Gasteiger partial charge in [-0.15, -0.1) is 6.58 Å². The Morgan fingerprint density at radius 2 is 2.05 bits per heavy atom. The number of hydrogen-bond donors (Lipinski definition) is 1. The number of rotatable bonds is 6. The number of nitrogens with zero attached hydrogens (tertiary/aromatic N) is 1. The Kier molecular flexibility index (Phi) is 5.14. The van der Waals surface area contributed by atoms with Crippen LogP contribution in [-0.4, -0.2) is 29.1 Å². The van der Waals surface area contributed by atoms with E-state index in [1.807, 2.05) is 35.2 Å². The van der Waals surface area contributed by atoms with Gasteiger partial charge in [-0.3, -0.25) is 4.79 Å². The van der Waals surface area contributed by atoms with E-state index in [1.165, 1.54) is 6.92 Å². The van der Waals surface area contributed by atoms with Crippen molar-refractivity contribution in [2.75, 3.05) is 6.54 Å². The molecule has 0 aliphatic heterocycles. The summed E-state index contributed by atoms with van der Waals surface area (Å²) in [5, 5.41) is 2.58. The molecule has 1 amide bonds. The number of carbonyl (C=O) groups is 2. The summed E-state index contributed by atoms with van der Waals surface area (Å²) >= 11 is 0. The van der Waals surface area contributed by atoms with Crippen LogP contribution in [0.2, 0.25) is 0 Å². The molecule has 114 valence electrons. The number of carbonyl (C=O) groups excluding carboxylic acids is 2. The summed E-state index contributed by atoms with van der Waals surface area (Å²) < 4.78 is 7.06. The maximum Gasteiger partial charge on any atom is 0.338 e. The van der Waals surface area contributed by atoms with Crippen molar-refractivity contribution in [3.8, 4) is 5.69 Å². The minimum absolute atomic E-state index is 0.337. The van der Waals surface area contributed by atoms with E-state index in [9.17, 15) is 9.59 Å². The number of ether oxygens (including phenoxy) is 1. The smallest absolute Gasteiger partial charge is 0.338 e. The van der Waals surface area contributed by atoms with Gasteiger partial charge in [-0.1, -0.05) is 12.1 Å². The molecule has 0 bridgehead atoms. The first-order valence-corrected chi connectivity index (χ1v) is 6.95. The van der Waals surface area contributed by atoms with Gasteiger partial charge >= 0.3 is 5.97 Å². The average Bonchev–Trinajstić information content (AvgIpc) is 3.07. The Labute approximate surface area is 129 Å². The van der Waals surface area contributed by atoms with Gasteiger partial charge in [-0.25, -0.2) is 4.79 Å². The molecule has 5 nitrogen and oxygen atoms in total. The minimum atomic E-state index is -0.859. The van der Waals surface area contributed by atoms with E-state index in [4.69, 9.17) is 4.74 Å². The molecule has 1 aromatic carbocycles. The lowest BCUT2D eigenvalue weighted by Gasteiger charge is -2.13. The third-order valence-corrected chi connectivity index (χ3v) is 3.06. The molecule has 1 atom stereocenters. The van der Waals surface area contributed by atoms with Crippen LogP contribution in [0.1, 0.15) is 17.3 Å². The lowest BCUT2D eigenvalue weighted by molar-refractivity contribution is -0.128. The van der Waals surface area contributed by atoms with Crippen LogP contribution >= 0.6 is 0 Å². The van der Waals surface area contributed by atoms with Crippen molar-refractivity contribution in [3.05, 3.63) is 67.0 Å². The predicted molar refractivity (Wildman–Crippen MR) is 83.9 cm³/mol. The zero-order valence-electron chi connectivity index (χ0n) is 12.4. The summed E-state index contributed by atoms with van der Waals surface area (Å²) in [7, 11) is 0. The maximum atomic E-state index is 12.1. The fraction of sp³-hybridized carbons (Fsp3) is 0.176. The largest absolute Gasteiger partial charge is 0.449 e. The molecule has 0 unspecified atom stereocenters. The van der Waals surface area contributed by atoms with E-state index in [-0.39, 0.29) is 5.91 Å². The molecule has 0 saturated carbocycles. The van der Waals surface area contributed by atoms with Gasteiger partial charge in [0.2, 0.25) is 0 Å². The first-order valence-electron chi connectivity index (χ1n) is 6.95. The molecule has 0 fully saturated rings. The molecule has 1 heterocycles. The summed E-state index contributed by atoms with van der Waals surface area (Å²) in [5.74, 6) is -0.884. The average molecular weight is 298 g/mol. The zero-order valence-corrected chi connectivity index (χ0v) is 12.4. The highest BCUT2D eigenvalue weighted by molar-refractivity contribution is 5.92. The van der Waals surface area contributed by atoms with Crippen LogP contribution in [0.3, 0.4) is 0 Å². The predicted octanol–water partition coefficient (Wildman–Crippen LogP) is 2.32. The molecule has 1 N–H and O–H groups in total. The number of aromatic nitrogens is 1. The van der Waals surface area contributed by atoms with Crippen LogP contribution in [0.4, 0.5) is 0 Å². The lowest BCUT2D eigenvalue weighted by Crippen LogP contribution is -2.35. The second-order valence-electron chi connectivity index (χ2n) is 4.72. The summed E-state index contributed by atoms with van der Waals surface area (Å²) in [5.41, 5.74) is 1.25. The van der Waals surface area contributed by atoms with E-state index in [0.29, 0.717) is 12.1 Å². The number of hydrogen-bond acceptors (Lipinski definition) is 3. The van der Waals surface area contributed by atoms with Crippen molar-refractivity contribution in [1.29, 1.82) is 0 Å². The summed E-state index contributed by atoms with van der Waals surface area (Å²) in [4.78, 5) is 23.8. The Hall–Kier alpha value is -2.82. The van der Waals surface area contributed by atoms with Gasteiger partial charge in [0, 0.05) is 24.6 Å².